The summed E-state index contributed by atoms with van der Waals surface area (Å²) in [6, 6.07) is 0.599. The summed E-state index contributed by atoms with van der Waals surface area (Å²) in [6.07, 6.45) is 4.44. The minimum atomic E-state index is 0.0622. The van der Waals surface area contributed by atoms with Crippen LogP contribution in [-0.4, -0.2) is 49.6 Å². The molecule has 2 saturated heterocycles. The molecule has 2 fully saturated rings. The lowest BCUT2D eigenvalue weighted by Crippen LogP contribution is -2.53. The maximum Gasteiger partial charge on any atom is 0.237 e. The van der Waals surface area contributed by atoms with Crippen LogP contribution in [0.25, 0.3) is 0 Å². The van der Waals surface area contributed by atoms with Gasteiger partial charge in [-0.25, -0.2) is 0 Å². The predicted octanol–water partition coefficient (Wildman–Crippen LogP) is -0.0512. The topological polar surface area (TPSA) is 44.4 Å². The molecule has 2 N–H and O–H groups in total. The molecule has 2 rings (SSSR count). The monoisotopic (exact) mass is 211 g/mol. The first-order chi connectivity index (χ1) is 7.25. The van der Waals surface area contributed by atoms with Crippen LogP contribution in [0, 0.1) is 0 Å². The third-order valence-electron chi connectivity index (χ3n) is 3.44. The van der Waals surface area contributed by atoms with Gasteiger partial charge < -0.3 is 15.5 Å². The molecule has 4 heteroatoms. The van der Waals surface area contributed by atoms with Gasteiger partial charge in [0.05, 0.1) is 6.04 Å². The van der Waals surface area contributed by atoms with Crippen molar-refractivity contribution in [3.63, 3.8) is 0 Å². The van der Waals surface area contributed by atoms with Crippen LogP contribution in [0.2, 0.25) is 0 Å². The van der Waals surface area contributed by atoms with Crippen molar-refractivity contribution in [2.75, 3.05) is 26.7 Å². The van der Waals surface area contributed by atoms with E-state index in [0.29, 0.717) is 6.04 Å². The van der Waals surface area contributed by atoms with E-state index in [4.69, 9.17) is 0 Å². The van der Waals surface area contributed by atoms with Crippen molar-refractivity contribution in [2.45, 2.75) is 37.8 Å². The van der Waals surface area contributed by atoms with E-state index < -0.39 is 0 Å². The van der Waals surface area contributed by atoms with Crippen molar-refractivity contribution in [1.29, 1.82) is 0 Å². The van der Waals surface area contributed by atoms with Crippen LogP contribution in [0.3, 0.4) is 0 Å². The standard InChI is InChI=1S/C11H21N3O/c1-14-7-4-9(5-8-14)13-10-3-2-6-12-11(10)15/h9-10,13H,2-8H2,1H3,(H,12,15). The lowest BCUT2D eigenvalue weighted by molar-refractivity contribution is -0.124. The van der Waals surface area contributed by atoms with Gasteiger partial charge >= 0.3 is 0 Å². The van der Waals surface area contributed by atoms with E-state index >= 15 is 0 Å². The Morgan fingerprint density at radius 2 is 2.07 bits per heavy atom. The first-order valence-electron chi connectivity index (χ1n) is 5.98. The minimum Gasteiger partial charge on any atom is -0.355 e. The molecule has 1 unspecified atom stereocenters. The molecule has 0 spiro atoms. The predicted molar refractivity (Wildman–Crippen MR) is 59.7 cm³/mol. The fourth-order valence-corrected chi connectivity index (χ4v) is 2.39. The zero-order chi connectivity index (χ0) is 10.7. The highest BCUT2D eigenvalue weighted by Gasteiger charge is 2.25. The Morgan fingerprint density at radius 1 is 1.33 bits per heavy atom. The van der Waals surface area contributed by atoms with E-state index in [1.807, 2.05) is 0 Å². The third-order valence-corrected chi connectivity index (χ3v) is 3.44. The molecule has 0 aromatic carbocycles. The fraction of sp³-hybridized carbons (Fsp3) is 0.909. The first kappa shape index (κ1) is 10.9. The molecule has 15 heavy (non-hydrogen) atoms. The highest BCUT2D eigenvalue weighted by molar-refractivity contribution is 5.82. The Bertz CT molecular complexity index is 224. The zero-order valence-electron chi connectivity index (χ0n) is 9.46. The van der Waals surface area contributed by atoms with Gasteiger partial charge in [0.2, 0.25) is 5.91 Å². The number of rotatable bonds is 2. The molecule has 2 aliphatic heterocycles. The minimum absolute atomic E-state index is 0.0622. The quantitative estimate of drug-likeness (QED) is 0.673. The van der Waals surface area contributed by atoms with Gasteiger partial charge in [-0.1, -0.05) is 0 Å². The number of carbonyl (C=O) groups is 1. The molecule has 86 valence electrons. The second-order valence-electron chi connectivity index (χ2n) is 4.73. The molecule has 0 bridgehead atoms. The number of amides is 1. The highest BCUT2D eigenvalue weighted by Crippen LogP contribution is 2.11. The zero-order valence-corrected chi connectivity index (χ0v) is 9.46. The maximum absolute atomic E-state index is 11.5. The van der Waals surface area contributed by atoms with Crippen LogP contribution in [0.4, 0.5) is 0 Å². The number of hydrogen-bond donors (Lipinski definition) is 2. The molecule has 2 heterocycles. The summed E-state index contributed by atoms with van der Waals surface area (Å²) in [6.45, 7) is 3.14. The SMILES string of the molecule is CN1CCC(NC2CCCNC2=O)CC1. The second-order valence-corrected chi connectivity index (χ2v) is 4.73. The van der Waals surface area contributed by atoms with Crippen LogP contribution in [0.5, 0.6) is 0 Å². The third kappa shape index (κ3) is 2.92. The Hall–Kier alpha value is -0.610. The van der Waals surface area contributed by atoms with E-state index in [1.165, 1.54) is 12.8 Å². The average molecular weight is 211 g/mol. The van der Waals surface area contributed by atoms with Gasteiger partial charge in [0.15, 0.2) is 0 Å². The fourth-order valence-electron chi connectivity index (χ4n) is 2.39. The van der Waals surface area contributed by atoms with Crippen molar-refractivity contribution in [1.82, 2.24) is 15.5 Å². The Labute approximate surface area is 91.4 Å². The number of hydrogen-bond acceptors (Lipinski definition) is 3. The molecule has 1 atom stereocenters. The highest BCUT2D eigenvalue weighted by atomic mass is 16.2. The van der Waals surface area contributed by atoms with Gasteiger partial charge in [-0.3, -0.25) is 4.79 Å². The summed E-state index contributed by atoms with van der Waals surface area (Å²) >= 11 is 0. The summed E-state index contributed by atoms with van der Waals surface area (Å²) < 4.78 is 0. The van der Waals surface area contributed by atoms with Gasteiger partial charge in [-0.05, 0) is 45.8 Å². The van der Waals surface area contributed by atoms with E-state index in [0.717, 1.165) is 32.5 Å². The first-order valence-corrected chi connectivity index (χ1v) is 5.98. The van der Waals surface area contributed by atoms with Crippen molar-refractivity contribution in [3.05, 3.63) is 0 Å². The Kier molecular flexibility index (Phi) is 3.59. The summed E-state index contributed by atoms with van der Waals surface area (Å²) in [5.74, 6) is 0.195. The van der Waals surface area contributed by atoms with Crippen LogP contribution < -0.4 is 10.6 Å². The smallest absolute Gasteiger partial charge is 0.237 e. The van der Waals surface area contributed by atoms with Crippen molar-refractivity contribution in [2.24, 2.45) is 0 Å². The number of likely N-dealkylation sites (tertiary alicyclic amines) is 1. The molecule has 0 aromatic rings. The van der Waals surface area contributed by atoms with Crippen molar-refractivity contribution in [3.8, 4) is 0 Å². The van der Waals surface area contributed by atoms with Gasteiger partial charge in [0.1, 0.15) is 0 Å². The number of nitrogens with zero attached hydrogens (tertiary/aromatic N) is 1. The normalized spacial score (nSPS) is 30.2. The Morgan fingerprint density at radius 3 is 2.73 bits per heavy atom. The van der Waals surface area contributed by atoms with Crippen molar-refractivity contribution >= 4 is 5.91 Å². The van der Waals surface area contributed by atoms with Gasteiger partial charge in [0.25, 0.3) is 0 Å². The van der Waals surface area contributed by atoms with Crippen molar-refractivity contribution < 1.29 is 4.79 Å². The summed E-state index contributed by atoms with van der Waals surface area (Å²) in [7, 11) is 2.16. The molecule has 0 saturated carbocycles. The molecule has 1 amide bonds. The van der Waals surface area contributed by atoms with Crippen LogP contribution in [-0.2, 0) is 4.79 Å². The number of carbonyl (C=O) groups excluding carboxylic acids is 1. The average Bonchev–Trinajstić information content (AvgIpc) is 2.25. The van der Waals surface area contributed by atoms with Crippen LogP contribution >= 0.6 is 0 Å². The largest absolute Gasteiger partial charge is 0.355 e. The lowest BCUT2D eigenvalue weighted by atomic mass is 10.0. The maximum atomic E-state index is 11.5. The molecule has 0 aromatic heterocycles. The van der Waals surface area contributed by atoms with Gasteiger partial charge in [-0.2, -0.15) is 0 Å². The van der Waals surface area contributed by atoms with Gasteiger partial charge in [-0.15, -0.1) is 0 Å². The van der Waals surface area contributed by atoms with E-state index in [-0.39, 0.29) is 11.9 Å². The van der Waals surface area contributed by atoms with Crippen LogP contribution in [0.1, 0.15) is 25.7 Å². The second kappa shape index (κ2) is 4.94. The molecule has 2 aliphatic rings. The van der Waals surface area contributed by atoms with E-state index in [1.54, 1.807) is 0 Å². The number of piperidine rings is 2. The molecule has 0 aliphatic carbocycles. The molecule has 4 nitrogen and oxygen atoms in total. The summed E-state index contributed by atoms with van der Waals surface area (Å²) in [4.78, 5) is 13.9. The van der Waals surface area contributed by atoms with Gasteiger partial charge in [0, 0.05) is 12.6 Å². The summed E-state index contributed by atoms with van der Waals surface area (Å²) in [5, 5.41) is 6.41. The molecular formula is C11H21N3O. The Balaban J connectivity index is 1.78. The lowest BCUT2D eigenvalue weighted by Gasteiger charge is -2.33. The molecular weight excluding hydrogens is 190 g/mol. The number of nitrogens with one attached hydrogen (secondary N) is 2. The summed E-state index contributed by atoms with van der Waals surface area (Å²) in [5.41, 5.74) is 0. The van der Waals surface area contributed by atoms with Crippen LogP contribution in [0.15, 0.2) is 0 Å². The molecule has 0 radical (unpaired) electrons. The van der Waals surface area contributed by atoms with E-state index in [9.17, 15) is 4.79 Å². The van der Waals surface area contributed by atoms with E-state index in [2.05, 4.69) is 22.6 Å².